The number of amides is 1. The minimum absolute atomic E-state index is 0.0520. The number of hydrogen-bond donors (Lipinski definition) is 2. The standard InChI is InChI=1S/C20H33NO3/c22-19(17-14-10-11-15-18(17)20(23)24)21-16-12-8-6-4-2-1-3-5-7-9-13-16/h10-11,16-18H,1-9,12-15H2,(H,21,22)(H,23,24)/t17-,18+/m1/s1. The first-order valence-electron chi connectivity index (χ1n) is 9.86. The van der Waals surface area contributed by atoms with Gasteiger partial charge in [-0.3, -0.25) is 9.59 Å². The molecule has 0 aromatic rings. The maximum Gasteiger partial charge on any atom is 0.307 e. The Hall–Kier alpha value is -1.32. The number of carboxylic acid groups (broad SMARTS) is 1. The number of carbonyl (C=O) groups excluding carboxylic acids is 1. The van der Waals surface area contributed by atoms with Crippen LogP contribution < -0.4 is 5.32 Å². The topological polar surface area (TPSA) is 66.4 Å². The number of carbonyl (C=O) groups is 2. The summed E-state index contributed by atoms with van der Waals surface area (Å²) in [7, 11) is 0. The number of carboxylic acids is 1. The van der Waals surface area contributed by atoms with Crippen molar-refractivity contribution in [2.45, 2.75) is 89.5 Å². The summed E-state index contributed by atoms with van der Waals surface area (Å²) in [6.07, 6.45) is 18.4. The minimum Gasteiger partial charge on any atom is -0.481 e. The Labute approximate surface area is 146 Å². The number of nitrogens with one attached hydrogen (secondary N) is 1. The van der Waals surface area contributed by atoms with Gasteiger partial charge in [0.05, 0.1) is 11.8 Å². The van der Waals surface area contributed by atoms with E-state index in [4.69, 9.17) is 0 Å². The van der Waals surface area contributed by atoms with Crippen LogP contribution in [-0.2, 0) is 9.59 Å². The first-order valence-corrected chi connectivity index (χ1v) is 9.86. The van der Waals surface area contributed by atoms with Gasteiger partial charge in [-0.25, -0.2) is 0 Å². The van der Waals surface area contributed by atoms with Gasteiger partial charge in [0.1, 0.15) is 0 Å². The van der Waals surface area contributed by atoms with Crippen LogP contribution in [0, 0.1) is 11.8 Å². The average molecular weight is 335 g/mol. The molecule has 2 aliphatic rings. The Morgan fingerprint density at radius 3 is 1.71 bits per heavy atom. The summed E-state index contributed by atoms with van der Waals surface area (Å²) in [6, 6.07) is 0.220. The van der Waals surface area contributed by atoms with Crippen LogP contribution in [0.15, 0.2) is 12.2 Å². The quantitative estimate of drug-likeness (QED) is 0.749. The van der Waals surface area contributed by atoms with E-state index < -0.39 is 17.8 Å². The molecule has 0 radical (unpaired) electrons. The zero-order chi connectivity index (χ0) is 17.2. The maximum atomic E-state index is 12.6. The molecule has 2 rings (SSSR count). The predicted molar refractivity (Wildman–Crippen MR) is 95.7 cm³/mol. The van der Waals surface area contributed by atoms with Gasteiger partial charge in [-0.15, -0.1) is 0 Å². The molecule has 2 N–H and O–H groups in total. The molecule has 1 amide bonds. The summed E-state index contributed by atoms with van der Waals surface area (Å²) in [5.74, 6) is -1.88. The van der Waals surface area contributed by atoms with Crippen molar-refractivity contribution in [1.82, 2.24) is 5.32 Å². The number of allylic oxidation sites excluding steroid dienone is 2. The van der Waals surface area contributed by atoms with Crippen LogP contribution in [0.5, 0.6) is 0 Å². The highest BCUT2D eigenvalue weighted by molar-refractivity contribution is 5.85. The fraction of sp³-hybridized carbons (Fsp3) is 0.800. The van der Waals surface area contributed by atoms with E-state index in [1.165, 1.54) is 44.9 Å². The summed E-state index contributed by atoms with van der Waals surface area (Å²) in [5.41, 5.74) is 0. The van der Waals surface area contributed by atoms with Crippen molar-refractivity contribution in [2.75, 3.05) is 0 Å². The lowest BCUT2D eigenvalue weighted by molar-refractivity contribution is -0.147. The Bertz CT molecular complexity index is 421. The fourth-order valence-electron chi connectivity index (χ4n) is 3.99. The second kappa shape index (κ2) is 10.5. The van der Waals surface area contributed by atoms with Crippen molar-refractivity contribution < 1.29 is 14.7 Å². The van der Waals surface area contributed by atoms with Gasteiger partial charge >= 0.3 is 5.97 Å². The molecule has 136 valence electrons. The monoisotopic (exact) mass is 335 g/mol. The zero-order valence-corrected chi connectivity index (χ0v) is 14.8. The molecule has 0 spiro atoms. The normalized spacial score (nSPS) is 27.7. The van der Waals surface area contributed by atoms with Crippen molar-refractivity contribution in [3.8, 4) is 0 Å². The SMILES string of the molecule is O=C(O)[C@H]1CC=CC[C@H]1C(=O)NC1CCCCCCCCCCC1. The Balaban J connectivity index is 1.88. The number of rotatable bonds is 3. The molecule has 24 heavy (non-hydrogen) atoms. The third-order valence-electron chi connectivity index (χ3n) is 5.54. The van der Waals surface area contributed by atoms with E-state index in [9.17, 15) is 14.7 Å². The van der Waals surface area contributed by atoms with Gasteiger partial charge in [0.2, 0.25) is 5.91 Å². The number of aliphatic carboxylic acids is 1. The van der Waals surface area contributed by atoms with Gasteiger partial charge in [-0.05, 0) is 25.7 Å². The van der Waals surface area contributed by atoms with E-state index in [2.05, 4.69) is 5.32 Å². The minimum atomic E-state index is -0.849. The second-order valence-corrected chi connectivity index (χ2v) is 7.46. The van der Waals surface area contributed by atoms with Crippen LogP contribution in [0.3, 0.4) is 0 Å². The van der Waals surface area contributed by atoms with Gasteiger partial charge in [0, 0.05) is 6.04 Å². The smallest absolute Gasteiger partial charge is 0.307 e. The molecule has 0 aliphatic heterocycles. The highest BCUT2D eigenvalue weighted by atomic mass is 16.4. The van der Waals surface area contributed by atoms with Crippen molar-refractivity contribution in [2.24, 2.45) is 11.8 Å². The summed E-state index contributed by atoms with van der Waals surface area (Å²) in [6.45, 7) is 0. The molecule has 0 aromatic heterocycles. The maximum absolute atomic E-state index is 12.6. The van der Waals surface area contributed by atoms with Crippen molar-refractivity contribution in [1.29, 1.82) is 0 Å². The fourth-order valence-corrected chi connectivity index (χ4v) is 3.99. The lowest BCUT2D eigenvalue weighted by Gasteiger charge is -2.27. The largest absolute Gasteiger partial charge is 0.481 e. The summed E-state index contributed by atoms with van der Waals surface area (Å²) in [5, 5.41) is 12.5. The molecular formula is C20H33NO3. The molecule has 0 saturated heterocycles. The van der Waals surface area contributed by atoms with E-state index >= 15 is 0 Å². The van der Waals surface area contributed by atoms with E-state index in [1.807, 2.05) is 12.2 Å². The van der Waals surface area contributed by atoms with E-state index in [0.717, 1.165) is 25.7 Å². The summed E-state index contributed by atoms with van der Waals surface area (Å²) in [4.78, 5) is 24.1. The lowest BCUT2D eigenvalue weighted by atomic mass is 9.82. The van der Waals surface area contributed by atoms with Crippen molar-refractivity contribution >= 4 is 11.9 Å². The van der Waals surface area contributed by atoms with Crippen LogP contribution in [0.2, 0.25) is 0 Å². The van der Waals surface area contributed by atoms with Crippen LogP contribution >= 0.6 is 0 Å². The van der Waals surface area contributed by atoms with Crippen LogP contribution in [0.4, 0.5) is 0 Å². The van der Waals surface area contributed by atoms with E-state index in [0.29, 0.717) is 12.8 Å². The highest BCUT2D eigenvalue weighted by Crippen LogP contribution is 2.27. The molecule has 0 aromatic carbocycles. The molecule has 1 fully saturated rings. The Morgan fingerprint density at radius 2 is 1.21 bits per heavy atom. The molecule has 1 saturated carbocycles. The van der Waals surface area contributed by atoms with Gasteiger partial charge < -0.3 is 10.4 Å². The average Bonchev–Trinajstić information content (AvgIpc) is 2.57. The summed E-state index contributed by atoms with van der Waals surface area (Å²) < 4.78 is 0. The Kier molecular flexibility index (Phi) is 8.34. The van der Waals surface area contributed by atoms with Gasteiger partial charge in [-0.1, -0.05) is 69.9 Å². The third kappa shape index (κ3) is 6.29. The first kappa shape index (κ1) is 19.0. The lowest BCUT2D eigenvalue weighted by Crippen LogP contribution is -2.43. The molecule has 4 nitrogen and oxygen atoms in total. The molecular weight excluding hydrogens is 302 g/mol. The molecule has 2 aliphatic carbocycles. The Morgan fingerprint density at radius 1 is 0.750 bits per heavy atom. The highest BCUT2D eigenvalue weighted by Gasteiger charge is 2.34. The van der Waals surface area contributed by atoms with Gasteiger partial charge in [0.25, 0.3) is 0 Å². The van der Waals surface area contributed by atoms with E-state index in [-0.39, 0.29) is 11.9 Å². The van der Waals surface area contributed by atoms with Gasteiger partial charge in [-0.2, -0.15) is 0 Å². The second-order valence-electron chi connectivity index (χ2n) is 7.46. The molecule has 0 unspecified atom stereocenters. The van der Waals surface area contributed by atoms with Crippen molar-refractivity contribution in [3.05, 3.63) is 12.2 Å². The molecule has 0 bridgehead atoms. The first-order chi connectivity index (χ1) is 11.7. The summed E-state index contributed by atoms with van der Waals surface area (Å²) >= 11 is 0. The van der Waals surface area contributed by atoms with Crippen molar-refractivity contribution in [3.63, 3.8) is 0 Å². The predicted octanol–water partition coefficient (Wildman–Crippen LogP) is 4.44. The van der Waals surface area contributed by atoms with E-state index in [1.54, 1.807) is 0 Å². The molecule has 4 heteroatoms. The van der Waals surface area contributed by atoms with Gasteiger partial charge in [0.15, 0.2) is 0 Å². The number of hydrogen-bond acceptors (Lipinski definition) is 2. The van der Waals surface area contributed by atoms with Crippen LogP contribution in [0.1, 0.15) is 83.5 Å². The van der Waals surface area contributed by atoms with Crippen LogP contribution in [0.25, 0.3) is 0 Å². The van der Waals surface area contributed by atoms with Crippen LogP contribution in [-0.4, -0.2) is 23.0 Å². The molecule has 2 atom stereocenters. The molecule has 0 heterocycles. The third-order valence-corrected chi connectivity index (χ3v) is 5.54. The zero-order valence-electron chi connectivity index (χ0n) is 14.8.